The number of fused-ring (bicyclic) bond motifs is 2. The molecule has 1 amide bonds. The molecule has 0 atom stereocenters. The van der Waals surface area contributed by atoms with Crippen molar-refractivity contribution in [1.82, 2.24) is 14.0 Å². The average Bonchev–Trinajstić information content (AvgIpc) is 3.06. The highest BCUT2D eigenvalue weighted by molar-refractivity contribution is 6.05. The molecule has 0 saturated carbocycles. The second kappa shape index (κ2) is 11.0. The summed E-state index contributed by atoms with van der Waals surface area (Å²) in [5, 5.41) is 0.506. The van der Waals surface area contributed by atoms with Crippen molar-refractivity contribution < 1.29 is 4.79 Å². The average molecular weight is 502 g/mol. The van der Waals surface area contributed by atoms with Gasteiger partial charge in [0.15, 0.2) is 0 Å². The first-order valence-corrected chi connectivity index (χ1v) is 13.0. The number of rotatable bonds is 8. The van der Waals surface area contributed by atoms with Crippen LogP contribution in [0.5, 0.6) is 0 Å². The molecule has 1 aliphatic heterocycles. The third kappa shape index (κ3) is 5.14. The molecule has 2 heterocycles. The van der Waals surface area contributed by atoms with Gasteiger partial charge in [-0.25, -0.2) is 9.79 Å². The summed E-state index contributed by atoms with van der Waals surface area (Å²) >= 11 is 0. The summed E-state index contributed by atoms with van der Waals surface area (Å²) in [4.78, 5) is 45.4. The summed E-state index contributed by atoms with van der Waals surface area (Å²) in [7, 11) is 1.69. The van der Waals surface area contributed by atoms with Gasteiger partial charge in [0.1, 0.15) is 5.84 Å². The van der Waals surface area contributed by atoms with E-state index in [-0.39, 0.29) is 17.2 Å². The maximum atomic E-state index is 13.2. The lowest BCUT2D eigenvalue weighted by atomic mass is 10.00. The van der Waals surface area contributed by atoms with Crippen molar-refractivity contribution in [3.05, 3.63) is 68.4 Å². The molecule has 0 spiro atoms. The highest BCUT2D eigenvalue weighted by Crippen LogP contribution is 2.32. The van der Waals surface area contributed by atoms with Gasteiger partial charge in [-0.2, -0.15) is 0 Å². The Hall–Kier alpha value is -3.94. The van der Waals surface area contributed by atoms with E-state index in [0.29, 0.717) is 60.5 Å². The summed E-state index contributed by atoms with van der Waals surface area (Å²) in [6.07, 6.45) is 4.69. The van der Waals surface area contributed by atoms with E-state index in [0.717, 1.165) is 29.5 Å². The van der Waals surface area contributed by atoms with E-state index in [1.807, 2.05) is 48.2 Å². The number of aromatic nitrogens is 2. The molecule has 1 aromatic heterocycles. The van der Waals surface area contributed by atoms with Gasteiger partial charge in [-0.15, -0.1) is 0 Å². The van der Waals surface area contributed by atoms with E-state index in [1.54, 1.807) is 13.1 Å². The number of aliphatic imine (C=N–C) groups is 1. The highest BCUT2D eigenvalue weighted by Gasteiger charge is 2.21. The molecule has 0 aliphatic carbocycles. The maximum Gasteiger partial charge on any atom is 0.331 e. The van der Waals surface area contributed by atoms with Gasteiger partial charge in [-0.1, -0.05) is 39.0 Å². The summed E-state index contributed by atoms with van der Waals surface area (Å²) in [6, 6.07) is 11.3. The van der Waals surface area contributed by atoms with E-state index in [1.165, 1.54) is 9.13 Å². The number of hydrogen-bond donors (Lipinski definition) is 1. The molecule has 0 radical (unpaired) electrons. The monoisotopic (exact) mass is 501 g/mol. The van der Waals surface area contributed by atoms with Crippen LogP contribution in [-0.2, 0) is 18.4 Å². The second-order valence-corrected chi connectivity index (χ2v) is 9.55. The molecule has 2 N–H and O–H groups in total. The zero-order valence-corrected chi connectivity index (χ0v) is 22.1. The number of amidine groups is 1. The number of carbonyl (C=O) groups is 1. The Morgan fingerprint density at radius 2 is 1.68 bits per heavy atom. The summed E-state index contributed by atoms with van der Waals surface area (Å²) < 4.78 is 2.81. The quantitative estimate of drug-likeness (QED) is 0.500. The lowest BCUT2D eigenvalue weighted by Crippen LogP contribution is -2.39. The Bertz CT molecular complexity index is 1520. The predicted octanol–water partition coefficient (Wildman–Crippen LogP) is 4.20. The van der Waals surface area contributed by atoms with Gasteiger partial charge >= 0.3 is 5.69 Å². The van der Waals surface area contributed by atoms with E-state index < -0.39 is 0 Å². The summed E-state index contributed by atoms with van der Waals surface area (Å²) in [5.74, 6) is 0.392. The standard InChI is InChI=1S/C29H35N5O3/c1-5-12-33(13-6-2)27(35)22-15-21-9-8-19(16-24(21)31-26(30)18-22)20-10-11-23-25(17-20)32(4)29(37)34(14-7-3)28(23)36/h8-11,15-17H,5-7,12-14,18H2,1-4H3,(H2,30,31). The SMILES string of the molecule is CCCN(CCC)C(=O)C1=Cc2ccc(-c3ccc4c(=O)n(CCC)c(=O)n(C)c4c3)cc2N=C(N)C1. The minimum Gasteiger partial charge on any atom is -0.387 e. The molecule has 0 saturated heterocycles. The Labute approximate surface area is 216 Å². The molecule has 4 rings (SSSR count). The van der Waals surface area contributed by atoms with Crippen LogP contribution in [-0.4, -0.2) is 38.9 Å². The zero-order chi connectivity index (χ0) is 26.7. The van der Waals surface area contributed by atoms with Crippen LogP contribution in [0, 0.1) is 0 Å². The van der Waals surface area contributed by atoms with E-state index in [4.69, 9.17) is 5.73 Å². The van der Waals surface area contributed by atoms with Crippen molar-refractivity contribution in [2.75, 3.05) is 13.1 Å². The fourth-order valence-corrected chi connectivity index (χ4v) is 4.87. The van der Waals surface area contributed by atoms with Gasteiger partial charge in [0.05, 0.1) is 16.6 Å². The largest absolute Gasteiger partial charge is 0.387 e. The molecule has 8 heteroatoms. The van der Waals surface area contributed by atoms with Crippen LogP contribution in [0.25, 0.3) is 28.1 Å². The van der Waals surface area contributed by atoms with Crippen LogP contribution in [0.4, 0.5) is 5.69 Å². The van der Waals surface area contributed by atoms with E-state index in [2.05, 4.69) is 18.8 Å². The van der Waals surface area contributed by atoms with Crippen LogP contribution in [0.1, 0.15) is 52.0 Å². The Balaban J connectivity index is 1.76. The third-order valence-corrected chi connectivity index (χ3v) is 6.68. The molecule has 0 bridgehead atoms. The van der Waals surface area contributed by atoms with E-state index in [9.17, 15) is 14.4 Å². The van der Waals surface area contributed by atoms with Crippen LogP contribution < -0.4 is 17.0 Å². The Morgan fingerprint density at radius 3 is 2.35 bits per heavy atom. The molecule has 0 unspecified atom stereocenters. The van der Waals surface area contributed by atoms with Gasteiger partial charge in [-0.3, -0.25) is 18.7 Å². The molecule has 0 fully saturated rings. The zero-order valence-electron chi connectivity index (χ0n) is 22.1. The number of amides is 1. The van der Waals surface area contributed by atoms with Crippen molar-refractivity contribution in [3.63, 3.8) is 0 Å². The minimum atomic E-state index is -0.321. The topological polar surface area (TPSA) is 103 Å². The first-order chi connectivity index (χ1) is 17.8. The number of hydrogen-bond acceptors (Lipinski definition) is 5. The van der Waals surface area contributed by atoms with Gasteiger partial charge in [-0.05, 0) is 54.7 Å². The summed E-state index contributed by atoms with van der Waals surface area (Å²) in [6.45, 7) is 7.88. The van der Waals surface area contributed by atoms with Gasteiger partial charge < -0.3 is 10.6 Å². The van der Waals surface area contributed by atoms with Crippen molar-refractivity contribution in [2.24, 2.45) is 17.8 Å². The van der Waals surface area contributed by atoms with E-state index >= 15 is 0 Å². The number of aryl methyl sites for hydroxylation is 1. The van der Waals surface area contributed by atoms with Crippen molar-refractivity contribution in [1.29, 1.82) is 0 Å². The third-order valence-electron chi connectivity index (χ3n) is 6.68. The molecule has 8 nitrogen and oxygen atoms in total. The van der Waals surface area contributed by atoms with Crippen LogP contribution in [0.15, 0.2) is 56.6 Å². The number of benzene rings is 2. The molecule has 194 valence electrons. The van der Waals surface area contributed by atoms with Crippen LogP contribution >= 0.6 is 0 Å². The second-order valence-electron chi connectivity index (χ2n) is 9.55. The molecular weight excluding hydrogens is 466 g/mol. The van der Waals surface area contributed by atoms with Gasteiger partial charge in [0.25, 0.3) is 5.56 Å². The van der Waals surface area contributed by atoms with Crippen LogP contribution in [0.2, 0.25) is 0 Å². The first kappa shape index (κ1) is 26.1. The smallest absolute Gasteiger partial charge is 0.331 e. The van der Waals surface area contributed by atoms with Crippen LogP contribution in [0.3, 0.4) is 0 Å². The van der Waals surface area contributed by atoms with Crippen molar-refractivity contribution in [3.8, 4) is 11.1 Å². The fraction of sp³-hybridized carbons (Fsp3) is 0.379. The fourth-order valence-electron chi connectivity index (χ4n) is 4.87. The maximum absolute atomic E-state index is 13.2. The summed E-state index contributed by atoms with van der Waals surface area (Å²) in [5.41, 5.74) is 10.1. The lowest BCUT2D eigenvalue weighted by Gasteiger charge is -2.22. The highest BCUT2D eigenvalue weighted by atomic mass is 16.2. The molecule has 2 aromatic carbocycles. The normalized spacial score (nSPS) is 13.1. The van der Waals surface area contributed by atoms with Crippen molar-refractivity contribution >= 4 is 34.4 Å². The molecular formula is C29H35N5O3. The molecule has 37 heavy (non-hydrogen) atoms. The molecule has 3 aromatic rings. The number of nitrogens with zero attached hydrogens (tertiary/aromatic N) is 4. The van der Waals surface area contributed by atoms with Gasteiger partial charge in [0, 0.05) is 44.2 Å². The Morgan fingerprint density at radius 1 is 1.00 bits per heavy atom. The first-order valence-electron chi connectivity index (χ1n) is 13.0. The number of carbonyl (C=O) groups excluding carboxylic acids is 1. The molecule has 1 aliphatic rings. The van der Waals surface area contributed by atoms with Crippen molar-refractivity contribution in [2.45, 2.75) is 53.0 Å². The number of nitrogens with two attached hydrogens (primary N) is 1. The lowest BCUT2D eigenvalue weighted by molar-refractivity contribution is -0.127. The Kier molecular flexibility index (Phi) is 7.76. The minimum absolute atomic E-state index is 0.00273. The van der Waals surface area contributed by atoms with Gasteiger partial charge in [0.2, 0.25) is 5.91 Å². The predicted molar refractivity (Wildman–Crippen MR) is 150 cm³/mol.